The normalized spacial score (nSPS) is 13.1. The van der Waals surface area contributed by atoms with E-state index in [9.17, 15) is 0 Å². The second kappa shape index (κ2) is 6.17. The second-order valence-corrected chi connectivity index (χ2v) is 4.34. The number of rotatable bonds is 6. The van der Waals surface area contributed by atoms with Gasteiger partial charge < -0.3 is 5.73 Å². The fourth-order valence-electron chi connectivity index (χ4n) is 1.59. The van der Waals surface area contributed by atoms with E-state index in [1.807, 2.05) is 0 Å². The molecule has 0 saturated carbocycles. The summed E-state index contributed by atoms with van der Waals surface area (Å²) in [4.78, 5) is 0. The monoisotopic (exact) mass is 197 g/mol. The number of nitrogens with two attached hydrogens (primary N) is 1. The van der Waals surface area contributed by atoms with Crippen LogP contribution in [0.25, 0.3) is 0 Å². The third-order valence-electron chi connectivity index (χ3n) is 2.45. The maximum Gasteiger partial charge on any atom is -0.00488 e. The quantitative estimate of drug-likeness (QED) is 0.745. The first kappa shape index (κ1) is 10.7. The van der Waals surface area contributed by atoms with Crippen LogP contribution in [0.4, 0.5) is 0 Å². The third-order valence-corrected chi connectivity index (χ3v) is 3.18. The van der Waals surface area contributed by atoms with Crippen LogP contribution in [0.3, 0.4) is 0 Å². The van der Waals surface area contributed by atoms with Crippen molar-refractivity contribution in [1.29, 1.82) is 0 Å². The van der Waals surface area contributed by atoms with E-state index in [2.05, 4.69) is 23.8 Å². The molecule has 1 aromatic heterocycles. The molecule has 0 saturated heterocycles. The lowest BCUT2D eigenvalue weighted by Crippen LogP contribution is -2.14. The van der Waals surface area contributed by atoms with Gasteiger partial charge in [0.15, 0.2) is 0 Å². The molecule has 0 aliphatic heterocycles. The Kier molecular flexibility index (Phi) is 5.09. The van der Waals surface area contributed by atoms with Crippen LogP contribution in [-0.2, 0) is 6.42 Å². The van der Waals surface area contributed by atoms with Gasteiger partial charge in [-0.2, -0.15) is 11.3 Å². The van der Waals surface area contributed by atoms with Crippen LogP contribution in [0, 0.1) is 5.92 Å². The lowest BCUT2D eigenvalue weighted by atomic mass is 9.96. The summed E-state index contributed by atoms with van der Waals surface area (Å²) in [5.74, 6) is 0.727. The fourth-order valence-corrected chi connectivity index (χ4v) is 2.30. The Hall–Kier alpha value is -0.340. The Morgan fingerprint density at radius 2 is 2.31 bits per heavy atom. The van der Waals surface area contributed by atoms with Crippen molar-refractivity contribution >= 4 is 11.3 Å². The smallest absolute Gasteiger partial charge is 0.00488 e. The summed E-state index contributed by atoms with van der Waals surface area (Å²) >= 11 is 1.78. The minimum absolute atomic E-state index is 0.727. The van der Waals surface area contributed by atoms with Crippen LogP contribution < -0.4 is 5.73 Å². The molecule has 1 rings (SSSR count). The van der Waals surface area contributed by atoms with E-state index >= 15 is 0 Å². The number of thiophene rings is 1. The molecule has 2 N–H and O–H groups in total. The first-order chi connectivity index (χ1) is 6.36. The zero-order valence-corrected chi connectivity index (χ0v) is 9.15. The number of hydrogen-bond donors (Lipinski definition) is 1. The van der Waals surface area contributed by atoms with Crippen LogP contribution in [0.1, 0.15) is 31.7 Å². The Labute approximate surface area is 85.0 Å². The van der Waals surface area contributed by atoms with Crippen LogP contribution >= 0.6 is 11.3 Å². The van der Waals surface area contributed by atoms with E-state index in [0.29, 0.717) is 0 Å². The highest BCUT2D eigenvalue weighted by atomic mass is 32.1. The molecule has 1 unspecified atom stereocenters. The highest BCUT2D eigenvalue weighted by Crippen LogP contribution is 2.15. The van der Waals surface area contributed by atoms with Gasteiger partial charge in [-0.1, -0.05) is 13.3 Å². The van der Waals surface area contributed by atoms with Gasteiger partial charge >= 0.3 is 0 Å². The molecule has 0 fully saturated rings. The highest BCUT2D eigenvalue weighted by Gasteiger charge is 2.05. The maximum absolute atomic E-state index is 5.70. The first-order valence-electron chi connectivity index (χ1n) is 5.08. The molecule has 0 amide bonds. The van der Waals surface area contributed by atoms with Gasteiger partial charge in [0.05, 0.1) is 0 Å². The van der Waals surface area contributed by atoms with Crippen molar-refractivity contribution in [3.05, 3.63) is 22.4 Å². The summed E-state index contributed by atoms with van der Waals surface area (Å²) in [6, 6.07) is 2.21. The minimum atomic E-state index is 0.727. The average Bonchev–Trinajstić information content (AvgIpc) is 2.64. The van der Waals surface area contributed by atoms with E-state index in [0.717, 1.165) is 12.5 Å². The second-order valence-electron chi connectivity index (χ2n) is 3.56. The minimum Gasteiger partial charge on any atom is -0.330 e. The van der Waals surface area contributed by atoms with E-state index in [1.165, 1.54) is 31.2 Å². The molecule has 0 radical (unpaired) electrons. The molecule has 0 aromatic carbocycles. The average molecular weight is 197 g/mol. The lowest BCUT2D eigenvalue weighted by molar-refractivity contribution is 0.456. The van der Waals surface area contributed by atoms with Crippen molar-refractivity contribution in [2.75, 3.05) is 6.54 Å². The molecule has 1 aromatic rings. The molecular weight excluding hydrogens is 178 g/mol. The van der Waals surface area contributed by atoms with Gasteiger partial charge in [0.2, 0.25) is 0 Å². The van der Waals surface area contributed by atoms with E-state index < -0.39 is 0 Å². The first-order valence-corrected chi connectivity index (χ1v) is 6.02. The highest BCUT2D eigenvalue weighted by molar-refractivity contribution is 7.07. The van der Waals surface area contributed by atoms with Gasteiger partial charge in [0.1, 0.15) is 0 Å². The maximum atomic E-state index is 5.70. The van der Waals surface area contributed by atoms with Crippen molar-refractivity contribution in [3.8, 4) is 0 Å². The van der Waals surface area contributed by atoms with Gasteiger partial charge in [-0.15, -0.1) is 0 Å². The molecule has 2 heteroatoms. The summed E-state index contributed by atoms with van der Waals surface area (Å²) in [5.41, 5.74) is 7.17. The van der Waals surface area contributed by atoms with Crippen molar-refractivity contribution in [3.63, 3.8) is 0 Å². The summed E-state index contributed by atoms with van der Waals surface area (Å²) in [6.07, 6.45) is 4.98. The molecule has 0 spiro atoms. The van der Waals surface area contributed by atoms with E-state index in [1.54, 1.807) is 11.3 Å². The molecule has 0 aliphatic carbocycles. The summed E-state index contributed by atoms with van der Waals surface area (Å²) in [5, 5.41) is 4.38. The molecule has 1 atom stereocenters. The predicted molar refractivity (Wildman–Crippen MR) is 60.1 cm³/mol. The molecule has 0 aliphatic rings. The van der Waals surface area contributed by atoms with E-state index in [4.69, 9.17) is 5.73 Å². The van der Waals surface area contributed by atoms with Gasteiger partial charge in [-0.05, 0) is 54.1 Å². The summed E-state index contributed by atoms with van der Waals surface area (Å²) < 4.78 is 0. The number of aryl methyl sites for hydroxylation is 1. The zero-order valence-electron chi connectivity index (χ0n) is 8.33. The van der Waals surface area contributed by atoms with Crippen molar-refractivity contribution in [2.24, 2.45) is 11.7 Å². The largest absolute Gasteiger partial charge is 0.330 e. The molecule has 1 heterocycles. The lowest BCUT2D eigenvalue weighted by Gasteiger charge is -2.12. The van der Waals surface area contributed by atoms with Crippen molar-refractivity contribution < 1.29 is 0 Å². The van der Waals surface area contributed by atoms with Crippen molar-refractivity contribution in [1.82, 2.24) is 0 Å². The van der Waals surface area contributed by atoms with Crippen LogP contribution in [-0.4, -0.2) is 6.54 Å². The van der Waals surface area contributed by atoms with E-state index in [-0.39, 0.29) is 0 Å². The van der Waals surface area contributed by atoms with Crippen molar-refractivity contribution in [2.45, 2.75) is 32.6 Å². The Morgan fingerprint density at radius 3 is 2.85 bits per heavy atom. The van der Waals surface area contributed by atoms with Gasteiger partial charge in [-0.25, -0.2) is 0 Å². The predicted octanol–water partition coefficient (Wildman–Crippen LogP) is 3.06. The molecule has 74 valence electrons. The third kappa shape index (κ3) is 3.92. The molecule has 13 heavy (non-hydrogen) atoms. The topological polar surface area (TPSA) is 26.0 Å². The molecule has 0 bridgehead atoms. The van der Waals surface area contributed by atoms with Crippen LogP contribution in [0.15, 0.2) is 16.8 Å². The Morgan fingerprint density at radius 1 is 1.46 bits per heavy atom. The molecule has 1 nitrogen and oxygen atoms in total. The SMILES string of the molecule is CCCC(CN)CCc1ccsc1. The van der Waals surface area contributed by atoms with Gasteiger partial charge in [0, 0.05) is 0 Å². The Bertz CT molecular complexity index is 206. The molecular formula is C11H19NS. The van der Waals surface area contributed by atoms with Crippen LogP contribution in [0.2, 0.25) is 0 Å². The summed E-state index contributed by atoms with van der Waals surface area (Å²) in [6.45, 7) is 3.07. The summed E-state index contributed by atoms with van der Waals surface area (Å²) in [7, 11) is 0. The van der Waals surface area contributed by atoms with Crippen LogP contribution in [0.5, 0.6) is 0 Å². The Balaban J connectivity index is 2.23. The standard InChI is InChI=1S/C11H19NS/c1-2-3-10(8-12)4-5-11-6-7-13-9-11/h6-7,9-10H,2-5,8,12H2,1H3. The fraction of sp³-hybridized carbons (Fsp3) is 0.636. The van der Waals surface area contributed by atoms with Gasteiger partial charge in [0.25, 0.3) is 0 Å². The number of hydrogen-bond acceptors (Lipinski definition) is 2. The zero-order chi connectivity index (χ0) is 9.52. The van der Waals surface area contributed by atoms with Gasteiger partial charge in [-0.3, -0.25) is 0 Å².